The predicted molar refractivity (Wildman–Crippen MR) is 147 cm³/mol. The molecule has 2 aliphatic rings. The minimum atomic E-state index is -4.42. The van der Waals surface area contributed by atoms with Crippen LogP contribution in [0.3, 0.4) is 0 Å². The van der Waals surface area contributed by atoms with E-state index in [0.29, 0.717) is 17.5 Å². The van der Waals surface area contributed by atoms with Crippen molar-refractivity contribution >= 4 is 54.8 Å². The van der Waals surface area contributed by atoms with Gasteiger partial charge in [0.25, 0.3) is 10.0 Å². The molecule has 3 N–H and O–H groups in total. The van der Waals surface area contributed by atoms with Gasteiger partial charge < -0.3 is 15.2 Å². The average Bonchev–Trinajstić information content (AvgIpc) is 2.83. The SMILES string of the molecule is CC(=O)OCC1(CCC(C)C)C(=O)C(C2=NS(=O)(=O)c3cc(NS(C)(=O)=O)ccc3N2)=C(O)c2ccccc21. The molecule has 13 heteroatoms. The van der Waals surface area contributed by atoms with Gasteiger partial charge in [0, 0.05) is 18.2 Å². The van der Waals surface area contributed by atoms with Crippen LogP contribution >= 0.6 is 0 Å². The third-order valence-electron chi connectivity index (χ3n) is 6.53. The number of hydrogen-bond donors (Lipinski definition) is 3. The maximum absolute atomic E-state index is 14.3. The zero-order valence-corrected chi connectivity index (χ0v) is 23.4. The molecule has 2 aromatic rings. The summed E-state index contributed by atoms with van der Waals surface area (Å²) in [5.41, 5.74) is -0.932. The molecule has 0 aromatic heterocycles. The van der Waals surface area contributed by atoms with Gasteiger partial charge in [-0.2, -0.15) is 8.42 Å². The number of aliphatic hydroxyl groups is 1. The van der Waals surface area contributed by atoms with Crippen LogP contribution in [0.25, 0.3) is 5.76 Å². The summed E-state index contributed by atoms with van der Waals surface area (Å²) < 4.78 is 61.0. The number of rotatable bonds is 8. The summed E-state index contributed by atoms with van der Waals surface area (Å²) in [5.74, 6) is -1.89. The van der Waals surface area contributed by atoms with E-state index < -0.39 is 43.0 Å². The fraction of sp³-hybridized carbons (Fsp3) is 0.346. The van der Waals surface area contributed by atoms with Crippen LogP contribution in [0.15, 0.2) is 57.3 Å². The summed E-state index contributed by atoms with van der Waals surface area (Å²) in [6.07, 6.45) is 1.77. The lowest BCUT2D eigenvalue weighted by Crippen LogP contribution is -2.48. The highest BCUT2D eigenvalue weighted by molar-refractivity contribution is 7.92. The number of ketones is 1. The number of nitrogens with zero attached hydrogens (tertiary/aromatic N) is 1. The van der Waals surface area contributed by atoms with Gasteiger partial charge in [0.15, 0.2) is 11.6 Å². The molecule has 0 saturated carbocycles. The summed E-state index contributed by atoms with van der Waals surface area (Å²) in [4.78, 5) is 25.8. The molecule has 208 valence electrons. The number of anilines is 2. The molecule has 0 saturated heterocycles. The molecule has 0 radical (unpaired) electrons. The zero-order valence-electron chi connectivity index (χ0n) is 21.8. The number of carbonyl (C=O) groups excluding carboxylic acids is 2. The van der Waals surface area contributed by atoms with Gasteiger partial charge in [-0.1, -0.05) is 38.1 Å². The summed E-state index contributed by atoms with van der Waals surface area (Å²) in [5, 5.41) is 14.1. The average molecular weight is 576 g/mol. The maximum Gasteiger partial charge on any atom is 0.302 e. The number of amidine groups is 1. The van der Waals surface area contributed by atoms with Gasteiger partial charge in [-0.25, -0.2) is 8.42 Å². The van der Waals surface area contributed by atoms with Crippen molar-refractivity contribution in [2.45, 2.75) is 43.9 Å². The molecule has 2 aromatic carbocycles. The van der Waals surface area contributed by atoms with Gasteiger partial charge in [-0.3, -0.25) is 14.3 Å². The molecule has 1 heterocycles. The summed E-state index contributed by atoms with van der Waals surface area (Å²) in [6, 6.07) is 10.5. The van der Waals surface area contributed by atoms with Crippen LogP contribution in [0.2, 0.25) is 0 Å². The van der Waals surface area contributed by atoms with E-state index in [1.54, 1.807) is 24.3 Å². The highest BCUT2D eigenvalue weighted by Crippen LogP contribution is 2.45. The second kappa shape index (κ2) is 10.1. The number of carbonyl (C=O) groups is 2. The van der Waals surface area contributed by atoms with E-state index in [4.69, 9.17) is 4.74 Å². The Morgan fingerprint density at radius 1 is 1.21 bits per heavy atom. The van der Waals surface area contributed by atoms with Crippen LogP contribution in [-0.2, 0) is 39.8 Å². The molecule has 1 aliphatic carbocycles. The van der Waals surface area contributed by atoms with Crippen molar-refractivity contribution in [2.24, 2.45) is 10.3 Å². The third kappa shape index (κ3) is 5.55. The molecular weight excluding hydrogens is 546 g/mol. The van der Waals surface area contributed by atoms with Gasteiger partial charge in [0.05, 0.1) is 17.4 Å². The van der Waals surface area contributed by atoms with Crippen LogP contribution in [0.4, 0.5) is 11.4 Å². The van der Waals surface area contributed by atoms with Crippen molar-refractivity contribution in [1.82, 2.24) is 0 Å². The second-order valence-corrected chi connectivity index (χ2v) is 13.3. The molecule has 1 unspecified atom stereocenters. The summed E-state index contributed by atoms with van der Waals surface area (Å²) in [6.45, 7) is 4.89. The normalized spacial score (nSPS) is 20.0. The Hall–Kier alpha value is -3.71. The Morgan fingerprint density at radius 3 is 2.54 bits per heavy atom. The van der Waals surface area contributed by atoms with E-state index in [9.17, 15) is 31.5 Å². The van der Waals surface area contributed by atoms with E-state index in [-0.39, 0.29) is 46.6 Å². The molecule has 11 nitrogen and oxygen atoms in total. The highest BCUT2D eigenvalue weighted by atomic mass is 32.2. The predicted octanol–water partition coefficient (Wildman–Crippen LogP) is 3.36. The lowest BCUT2D eigenvalue weighted by molar-refractivity contribution is -0.144. The number of fused-ring (bicyclic) bond motifs is 2. The Kier molecular flexibility index (Phi) is 7.34. The van der Waals surface area contributed by atoms with E-state index in [2.05, 4.69) is 14.4 Å². The largest absolute Gasteiger partial charge is 0.506 e. The number of aliphatic hydroxyl groups excluding tert-OH is 1. The molecule has 0 spiro atoms. The molecule has 0 bridgehead atoms. The molecular formula is C26H29N3O8S2. The van der Waals surface area contributed by atoms with Gasteiger partial charge in [0.1, 0.15) is 22.8 Å². The van der Waals surface area contributed by atoms with E-state index in [1.165, 1.54) is 19.1 Å². The fourth-order valence-corrected chi connectivity index (χ4v) is 6.40. The third-order valence-corrected chi connectivity index (χ3v) is 8.45. The zero-order chi connectivity index (χ0) is 28.8. The monoisotopic (exact) mass is 575 g/mol. The number of hydrogen-bond acceptors (Lipinski definition) is 9. The van der Waals surface area contributed by atoms with Gasteiger partial charge in [0.2, 0.25) is 10.0 Å². The van der Waals surface area contributed by atoms with Crippen LogP contribution in [-0.4, -0.2) is 52.4 Å². The lowest BCUT2D eigenvalue weighted by Gasteiger charge is -2.38. The molecule has 0 fully saturated rings. The van der Waals surface area contributed by atoms with Crippen LogP contribution in [0.5, 0.6) is 0 Å². The van der Waals surface area contributed by atoms with Gasteiger partial charge >= 0.3 is 5.97 Å². The first-order valence-electron chi connectivity index (χ1n) is 12.1. The minimum absolute atomic E-state index is 0.0130. The topological polar surface area (TPSA) is 168 Å². The Labute approximate surface area is 227 Å². The molecule has 39 heavy (non-hydrogen) atoms. The Balaban J connectivity index is 1.88. The van der Waals surface area contributed by atoms with E-state index >= 15 is 0 Å². The van der Waals surface area contributed by atoms with Gasteiger partial charge in [-0.05, 0) is 42.5 Å². The van der Waals surface area contributed by atoms with Crippen LogP contribution in [0.1, 0.15) is 44.7 Å². The molecule has 1 aliphatic heterocycles. The fourth-order valence-electron chi connectivity index (χ4n) is 4.70. The summed E-state index contributed by atoms with van der Waals surface area (Å²) in [7, 11) is -8.09. The second-order valence-electron chi connectivity index (χ2n) is 10.0. The minimum Gasteiger partial charge on any atom is -0.506 e. The van der Waals surface area contributed by atoms with Crippen molar-refractivity contribution in [3.63, 3.8) is 0 Å². The first kappa shape index (κ1) is 28.3. The van der Waals surface area contributed by atoms with Crippen molar-refractivity contribution in [2.75, 3.05) is 22.9 Å². The van der Waals surface area contributed by atoms with Crippen molar-refractivity contribution in [3.8, 4) is 0 Å². The smallest absolute Gasteiger partial charge is 0.302 e. The standard InChI is InChI=1S/C26H29N3O8S2/c1-15(2)11-12-26(14-37-16(3)30)19-8-6-5-7-18(19)23(31)22(24(26)32)25-27-20-10-9-17(28-38(4,33)34)13-21(20)39(35,36)29-25/h5-10,13,15,28,31H,11-12,14H2,1-4H3,(H,27,29). The molecule has 4 rings (SSSR count). The lowest BCUT2D eigenvalue weighted by atomic mass is 9.65. The number of nitrogens with one attached hydrogen (secondary N) is 2. The van der Waals surface area contributed by atoms with Crippen LogP contribution in [0, 0.1) is 5.92 Å². The molecule has 1 atom stereocenters. The first-order valence-corrected chi connectivity index (χ1v) is 15.4. The first-order chi connectivity index (χ1) is 18.1. The van der Waals surface area contributed by atoms with E-state index in [0.717, 1.165) is 12.3 Å². The number of ether oxygens (including phenoxy) is 1. The van der Waals surface area contributed by atoms with Crippen molar-refractivity contribution in [3.05, 3.63) is 59.2 Å². The van der Waals surface area contributed by atoms with E-state index in [1.807, 2.05) is 13.8 Å². The number of esters is 1. The quantitative estimate of drug-likeness (QED) is 0.400. The van der Waals surface area contributed by atoms with Crippen LogP contribution < -0.4 is 10.0 Å². The number of benzene rings is 2. The number of Topliss-reactive ketones (excluding diaryl/α,β-unsaturated/α-hetero) is 1. The Morgan fingerprint density at radius 2 is 1.90 bits per heavy atom. The number of sulfonamides is 2. The Bertz CT molecular complexity index is 1640. The van der Waals surface area contributed by atoms with Crippen molar-refractivity contribution in [1.29, 1.82) is 0 Å². The maximum atomic E-state index is 14.3. The van der Waals surface area contributed by atoms with Crippen molar-refractivity contribution < 1.29 is 36.3 Å². The van der Waals surface area contributed by atoms with Gasteiger partial charge in [-0.15, -0.1) is 4.40 Å². The summed E-state index contributed by atoms with van der Waals surface area (Å²) >= 11 is 0. The highest BCUT2D eigenvalue weighted by Gasteiger charge is 2.50. The molecule has 0 amide bonds.